The molecule has 138 valence electrons. The van der Waals surface area contributed by atoms with Crippen LogP contribution >= 0.6 is 0 Å². The number of halogens is 1. The van der Waals surface area contributed by atoms with Gasteiger partial charge in [-0.05, 0) is 55.2 Å². The molecule has 1 aromatic heterocycles. The van der Waals surface area contributed by atoms with Crippen molar-refractivity contribution in [2.45, 2.75) is 25.9 Å². The second-order valence-electron chi connectivity index (χ2n) is 6.84. The molecule has 1 saturated heterocycles. The number of hydrogen-bond donors (Lipinski definition) is 2. The van der Waals surface area contributed by atoms with Crippen molar-refractivity contribution in [3.63, 3.8) is 0 Å². The third-order valence-corrected chi connectivity index (χ3v) is 4.57. The summed E-state index contributed by atoms with van der Waals surface area (Å²) in [5.41, 5.74) is 8.88. The molecule has 0 aliphatic carbocycles. The van der Waals surface area contributed by atoms with Crippen molar-refractivity contribution in [2.24, 2.45) is 5.92 Å². The standard InChI is InChI=1S/C21H26FN3O/c1-15-9-19(25-21(23)10-15)12-17-13-24-14-20(17)26-8-3-2-5-16-6-4-7-18(22)11-16/h2,4-7,9-11,17,20,24H,3,8,12-14H2,1H3,(H2,23,25)/b5-2+/t17-,20+/m1/s1. The van der Waals surface area contributed by atoms with Crippen molar-refractivity contribution in [3.05, 3.63) is 65.1 Å². The van der Waals surface area contributed by atoms with E-state index in [2.05, 4.69) is 16.4 Å². The highest BCUT2D eigenvalue weighted by molar-refractivity contribution is 5.48. The lowest BCUT2D eigenvalue weighted by Crippen LogP contribution is -2.25. The van der Waals surface area contributed by atoms with Gasteiger partial charge in [0.1, 0.15) is 11.6 Å². The molecule has 1 aliphatic rings. The zero-order valence-electron chi connectivity index (χ0n) is 15.1. The van der Waals surface area contributed by atoms with Crippen LogP contribution in [0.4, 0.5) is 10.2 Å². The number of ether oxygens (including phenoxy) is 1. The lowest BCUT2D eigenvalue weighted by molar-refractivity contribution is 0.0407. The quantitative estimate of drug-likeness (QED) is 0.748. The number of rotatable bonds is 7. The molecule has 26 heavy (non-hydrogen) atoms. The zero-order valence-corrected chi connectivity index (χ0v) is 15.1. The first kappa shape index (κ1) is 18.5. The van der Waals surface area contributed by atoms with Crippen LogP contribution in [-0.4, -0.2) is 30.8 Å². The SMILES string of the molecule is Cc1cc(N)nc(C[C@@H]2CNC[C@@H]2OCC/C=C/c2cccc(F)c2)c1. The lowest BCUT2D eigenvalue weighted by atomic mass is 9.99. The van der Waals surface area contributed by atoms with Crippen molar-refractivity contribution in [1.29, 1.82) is 0 Å². The highest BCUT2D eigenvalue weighted by Gasteiger charge is 2.28. The minimum Gasteiger partial charge on any atom is -0.384 e. The second kappa shape index (κ2) is 8.92. The maximum absolute atomic E-state index is 13.1. The smallest absolute Gasteiger partial charge is 0.123 e. The normalized spacial score (nSPS) is 20.1. The molecule has 1 aliphatic heterocycles. The summed E-state index contributed by atoms with van der Waals surface area (Å²) in [6.07, 6.45) is 5.80. The average Bonchev–Trinajstić information content (AvgIpc) is 3.01. The van der Waals surface area contributed by atoms with E-state index in [1.165, 1.54) is 12.1 Å². The molecule has 2 atom stereocenters. The summed E-state index contributed by atoms with van der Waals surface area (Å²) >= 11 is 0. The minimum absolute atomic E-state index is 0.182. The van der Waals surface area contributed by atoms with E-state index >= 15 is 0 Å². The van der Waals surface area contributed by atoms with Gasteiger partial charge in [-0.2, -0.15) is 0 Å². The monoisotopic (exact) mass is 355 g/mol. The topological polar surface area (TPSA) is 60.2 Å². The van der Waals surface area contributed by atoms with Crippen molar-refractivity contribution in [3.8, 4) is 0 Å². The molecular weight excluding hydrogens is 329 g/mol. The molecule has 5 heteroatoms. The third-order valence-electron chi connectivity index (χ3n) is 4.57. The van der Waals surface area contributed by atoms with Crippen LogP contribution < -0.4 is 11.1 Å². The van der Waals surface area contributed by atoms with Gasteiger partial charge in [0.15, 0.2) is 0 Å². The van der Waals surface area contributed by atoms with Gasteiger partial charge in [-0.3, -0.25) is 0 Å². The van der Waals surface area contributed by atoms with E-state index in [0.29, 0.717) is 18.3 Å². The number of nitrogens with zero attached hydrogens (tertiary/aromatic N) is 1. The average molecular weight is 355 g/mol. The first-order valence-electron chi connectivity index (χ1n) is 9.07. The number of benzene rings is 1. The fourth-order valence-corrected chi connectivity index (χ4v) is 3.37. The number of aryl methyl sites for hydroxylation is 1. The van der Waals surface area contributed by atoms with Gasteiger partial charge < -0.3 is 15.8 Å². The largest absolute Gasteiger partial charge is 0.384 e. The molecule has 2 aromatic rings. The number of nitrogen functional groups attached to an aromatic ring is 1. The van der Waals surface area contributed by atoms with Crippen LogP contribution in [0, 0.1) is 18.7 Å². The summed E-state index contributed by atoms with van der Waals surface area (Å²) in [5, 5.41) is 3.40. The summed E-state index contributed by atoms with van der Waals surface area (Å²) in [5.74, 6) is 0.760. The Labute approximate surface area is 154 Å². The Morgan fingerprint density at radius 3 is 3.00 bits per heavy atom. The Kier molecular flexibility index (Phi) is 6.36. The van der Waals surface area contributed by atoms with Gasteiger partial charge in [0.2, 0.25) is 0 Å². The highest BCUT2D eigenvalue weighted by Crippen LogP contribution is 2.19. The third kappa shape index (κ3) is 5.38. The van der Waals surface area contributed by atoms with E-state index in [-0.39, 0.29) is 11.9 Å². The van der Waals surface area contributed by atoms with Crippen molar-refractivity contribution >= 4 is 11.9 Å². The van der Waals surface area contributed by atoms with Crippen molar-refractivity contribution in [1.82, 2.24) is 10.3 Å². The highest BCUT2D eigenvalue weighted by atomic mass is 19.1. The van der Waals surface area contributed by atoms with E-state index in [0.717, 1.165) is 42.8 Å². The van der Waals surface area contributed by atoms with Gasteiger partial charge in [0, 0.05) is 24.7 Å². The summed E-state index contributed by atoms with van der Waals surface area (Å²) < 4.78 is 19.2. The molecule has 1 fully saturated rings. The van der Waals surface area contributed by atoms with Crippen LogP contribution in [0.1, 0.15) is 23.2 Å². The van der Waals surface area contributed by atoms with E-state index in [4.69, 9.17) is 10.5 Å². The summed E-state index contributed by atoms with van der Waals surface area (Å²) in [7, 11) is 0. The molecule has 0 saturated carbocycles. The van der Waals surface area contributed by atoms with Crippen molar-refractivity contribution in [2.75, 3.05) is 25.4 Å². The molecule has 0 amide bonds. The fourth-order valence-electron chi connectivity index (χ4n) is 3.37. The van der Waals surface area contributed by atoms with Crippen LogP contribution in [0.5, 0.6) is 0 Å². The Bertz CT molecular complexity index is 742. The van der Waals surface area contributed by atoms with Gasteiger partial charge in [0.05, 0.1) is 12.7 Å². The molecular formula is C21H26FN3O. The summed E-state index contributed by atoms with van der Waals surface area (Å²) in [4.78, 5) is 4.43. The molecule has 0 spiro atoms. The number of aromatic nitrogens is 1. The maximum Gasteiger partial charge on any atom is 0.123 e. The minimum atomic E-state index is -0.214. The van der Waals surface area contributed by atoms with Crippen LogP contribution in [-0.2, 0) is 11.2 Å². The van der Waals surface area contributed by atoms with E-state index in [1.54, 1.807) is 6.07 Å². The van der Waals surface area contributed by atoms with Crippen molar-refractivity contribution < 1.29 is 9.13 Å². The Balaban J connectivity index is 1.46. The van der Waals surface area contributed by atoms with Gasteiger partial charge in [-0.15, -0.1) is 0 Å². The fraction of sp³-hybridized carbons (Fsp3) is 0.381. The molecule has 3 rings (SSSR count). The molecule has 0 bridgehead atoms. The number of anilines is 1. The Morgan fingerprint density at radius 1 is 1.31 bits per heavy atom. The van der Waals surface area contributed by atoms with Gasteiger partial charge in [0.25, 0.3) is 0 Å². The van der Waals surface area contributed by atoms with Crippen LogP contribution in [0.2, 0.25) is 0 Å². The number of hydrogen-bond acceptors (Lipinski definition) is 4. The first-order chi connectivity index (χ1) is 12.6. The molecule has 4 nitrogen and oxygen atoms in total. The zero-order chi connectivity index (χ0) is 18.4. The van der Waals surface area contributed by atoms with Gasteiger partial charge in [-0.25, -0.2) is 9.37 Å². The van der Waals surface area contributed by atoms with Crippen LogP contribution in [0.15, 0.2) is 42.5 Å². The second-order valence-corrected chi connectivity index (χ2v) is 6.84. The molecule has 3 N–H and O–H groups in total. The predicted molar refractivity (Wildman–Crippen MR) is 103 cm³/mol. The Hall–Kier alpha value is -2.24. The molecule has 2 heterocycles. The molecule has 0 unspecified atom stereocenters. The number of nitrogens with two attached hydrogens (primary N) is 1. The Morgan fingerprint density at radius 2 is 2.19 bits per heavy atom. The molecule has 0 radical (unpaired) electrons. The van der Waals surface area contributed by atoms with Gasteiger partial charge >= 0.3 is 0 Å². The first-order valence-corrected chi connectivity index (χ1v) is 9.07. The maximum atomic E-state index is 13.1. The predicted octanol–water partition coefficient (Wildman–Crippen LogP) is 3.36. The number of pyridine rings is 1. The van der Waals surface area contributed by atoms with E-state index < -0.39 is 0 Å². The van der Waals surface area contributed by atoms with Crippen LogP contribution in [0.3, 0.4) is 0 Å². The summed E-state index contributed by atoms with van der Waals surface area (Å²) in [6.45, 7) is 4.48. The van der Waals surface area contributed by atoms with E-state index in [9.17, 15) is 4.39 Å². The van der Waals surface area contributed by atoms with Gasteiger partial charge in [-0.1, -0.05) is 24.3 Å². The van der Waals surface area contributed by atoms with E-state index in [1.807, 2.05) is 31.2 Å². The summed E-state index contributed by atoms with van der Waals surface area (Å²) in [6, 6.07) is 10.5. The lowest BCUT2D eigenvalue weighted by Gasteiger charge is -2.19. The molecule has 1 aromatic carbocycles. The van der Waals surface area contributed by atoms with Crippen LogP contribution in [0.25, 0.3) is 6.08 Å². The number of nitrogens with one attached hydrogen (secondary N) is 1.